The molecule has 0 amide bonds. The van der Waals surface area contributed by atoms with Gasteiger partial charge in [0.05, 0.1) is 0 Å². The average molecular weight is 301 g/mol. The molecule has 110 valence electrons. The van der Waals surface area contributed by atoms with E-state index in [-0.39, 0.29) is 12.2 Å². The van der Waals surface area contributed by atoms with E-state index < -0.39 is 11.4 Å². The maximum atomic E-state index is 13.7. The van der Waals surface area contributed by atoms with Crippen LogP contribution in [-0.2, 0) is 20.7 Å². The van der Waals surface area contributed by atoms with Gasteiger partial charge in [0, 0.05) is 44.1 Å². The van der Waals surface area contributed by atoms with E-state index in [2.05, 4.69) is 0 Å². The van der Waals surface area contributed by atoms with Crippen molar-refractivity contribution >= 4 is 17.4 Å². The van der Waals surface area contributed by atoms with Gasteiger partial charge in [-0.1, -0.05) is 11.6 Å². The summed E-state index contributed by atoms with van der Waals surface area (Å²) in [6.07, 6.45) is 1.02. The molecule has 1 saturated heterocycles. The van der Waals surface area contributed by atoms with Crippen molar-refractivity contribution in [2.75, 3.05) is 19.8 Å². The van der Waals surface area contributed by atoms with Gasteiger partial charge in [-0.05, 0) is 30.7 Å². The predicted molar refractivity (Wildman–Crippen MR) is 74.5 cm³/mol. The first kappa shape index (κ1) is 15.4. The van der Waals surface area contributed by atoms with Gasteiger partial charge in [-0.15, -0.1) is 0 Å². The van der Waals surface area contributed by atoms with Crippen LogP contribution >= 0.6 is 11.6 Å². The molecular formula is C15H18ClFO3. The molecule has 0 unspecified atom stereocenters. The molecule has 0 bridgehead atoms. The molecule has 1 aromatic carbocycles. The Bertz CT molecular complexity index is 478. The van der Waals surface area contributed by atoms with E-state index in [1.54, 1.807) is 0 Å². The zero-order valence-corrected chi connectivity index (χ0v) is 12.2. The van der Waals surface area contributed by atoms with E-state index in [1.165, 1.54) is 18.2 Å². The van der Waals surface area contributed by atoms with Crippen LogP contribution in [0.2, 0.25) is 5.02 Å². The van der Waals surface area contributed by atoms with Crippen molar-refractivity contribution in [3.8, 4) is 0 Å². The Morgan fingerprint density at radius 3 is 2.80 bits per heavy atom. The first-order valence-corrected chi connectivity index (χ1v) is 7.14. The summed E-state index contributed by atoms with van der Waals surface area (Å²) in [7, 11) is 0. The summed E-state index contributed by atoms with van der Waals surface area (Å²) in [4.78, 5) is 12.6. The number of carbonyl (C=O) groups excluding carboxylic acids is 1. The number of ether oxygens (including phenoxy) is 2. The van der Waals surface area contributed by atoms with Gasteiger partial charge in [0.2, 0.25) is 0 Å². The molecule has 0 radical (unpaired) electrons. The highest BCUT2D eigenvalue weighted by Gasteiger charge is 2.40. The van der Waals surface area contributed by atoms with Gasteiger partial charge in [-0.25, -0.2) is 4.39 Å². The van der Waals surface area contributed by atoms with Crippen LogP contribution in [0.3, 0.4) is 0 Å². The fraction of sp³-hybridized carbons (Fsp3) is 0.533. The van der Waals surface area contributed by atoms with Crippen molar-refractivity contribution in [1.29, 1.82) is 0 Å². The maximum Gasteiger partial charge on any atom is 0.169 e. The largest absolute Gasteiger partial charge is 0.381 e. The molecule has 0 spiro atoms. The van der Waals surface area contributed by atoms with Gasteiger partial charge in [0.25, 0.3) is 0 Å². The molecule has 1 aromatic rings. The van der Waals surface area contributed by atoms with E-state index in [9.17, 15) is 9.18 Å². The van der Waals surface area contributed by atoms with Crippen LogP contribution in [0, 0.1) is 5.82 Å². The number of carbonyl (C=O) groups is 1. The van der Waals surface area contributed by atoms with Crippen molar-refractivity contribution in [1.82, 2.24) is 0 Å². The van der Waals surface area contributed by atoms with Crippen molar-refractivity contribution < 1.29 is 18.7 Å². The SMILES string of the molecule is CCOC1(C(=O)Cc2cc(Cl)ccc2F)CCOCC1. The molecule has 0 atom stereocenters. The minimum Gasteiger partial charge on any atom is -0.381 e. The number of hydrogen-bond acceptors (Lipinski definition) is 3. The van der Waals surface area contributed by atoms with E-state index in [1.807, 2.05) is 6.92 Å². The summed E-state index contributed by atoms with van der Waals surface area (Å²) < 4.78 is 24.7. The standard InChI is InChI=1S/C15H18ClFO3/c1-2-20-15(5-7-19-8-6-15)14(18)10-11-9-12(16)3-4-13(11)17/h3-4,9H,2,5-8,10H2,1H3. The van der Waals surface area contributed by atoms with Crippen LogP contribution < -0.4 is 0 Å². The lowest BCUT2D eigenvalue weighted by Gasteiger charge is -2.35. The van der Waals surface area contributed by atoms with Crippen molar-refractivity contribution in [2.24, 2.45) is 0 Å². The summed E-state index contributed by atoms with van der Waals surface area (Å²) >= 11 is 5.85. The van der Waals surface area contributed by atoms with Crippen LogP contribution in [0.4, 0.5) is 4.39 Å². The molecule has 3 nitrogen and oxygen atoms in total. The molecule has 0 aliphatic carbocycles. The lowest BCUT2D eigenvalue weighted by molar-refractivity contribution is -0.156. The minimum absolute atomic E-state index is 0.00755. The summed E-state index contributed by atoms with van der Waals surface area (Å²) in [6, 6.07) is 4.24. The third kappa shape index (κ3) is 3.37. The zero-order chi connectivity index (χ0) is 14.6. The molecule has 1 heterocycles. The number of hydrogen-bond donors (Lipinski definition) is 0. The smallest absolute Gasteiger partial charge is 0.169 e. The Balaban J connectivity index is 2.18. The first-order chi connectivity index (χ1) is 9.57. The number of benzene rings is 1. The van der Waals surface area contributed by atoms with Crippen LogP contribution in [0.25, 0.3) is 0 Å². The monoisotopic (exact) mass is 300 g/mol. The first-order valence-electron chi connectivity index (χ1n) is 6.76. The van der Waals surface area contributed by atoms with E-state index in [4.69, 9.17) is 21.1 Å². The minimum atomic E-state index is -0.845. The van der Waals surface area contributed by atoms with Crippen molar-refractivity contribution in [2.45, 2.75) is 31.8 Å². The summed E-state index contributed by atoms with van der Waals surface area (Å²) in [5, 5.41) is 0.423. The molecule has 1 aliphatic rings. The summed E-state index contributed by atoms with van der Waals surface area (Å²) in [5.74, 6) is -0.523. The number of ketones is 1. The van der Waals surface area contributed by atoms with Crippen LogP contribution in [0.5, 0.6) is 0 Å². The Morgan fingerprint density at radius 1 is 1.45 bits per heavy atom. The Hall–Kier alpha value is -0.970. The zero-order valence-electron chi connectivity index (χ0n) is 11.5. The lowest BCUT2D eigenvalue weighted by atomic mass is 9.86. The molecule has 1 aliphatic heterocycles. The second-order valence-electron chi connectivity index (χ2n) is 4.88. The van der Waals surface area contributed by atoms with Crippen LogP contribution in [0.1, 0.15) is 25.3 Å². The predicted octanol–water partition coefficient (Wildman–Crippen LogP) is 3.18. The average Bonchev–Trinajstić information content (AvgIpc) is 2.44. The maximum absolute atomic E-state index is 13.7. The van der Waals surface area contributed by atoms with Gasteiger partial charge < -0.3 is 9.47 Å². The molecule has 0 saturated carbocycles. The molecule has 0 N–H and O–H groups in total. The fourth-order valence-corrected chi connectivity index (χ4v) is 2.69. The third-order valence-corrected chi connectivity index (χ3v) is 3.82. The third-order valence-electron chi connectivity index (χ3n) is 3.59. The molecule has 1 fully saturated rings. The van der Waals surface area contributed by atoms with Gasteiger partial charge in [-0.2, -0.15) is 0 Å². The Kier molecular flexibility index (Phi) is 5.13. The number of halogens is 2. The van der Waals surface area contributed by atoms with E-state index in [0.29, 0.717) is 43.2 Å². The highest BCUT2D eigenvalue weighted by atomic mass is 35.5. The topological polar surface area (TPSA) is 35.5 Å². The van der Waals surface area contributed by atoms with Crippen LogP contribution in [-0.4, -0.2) is 31.2 Å². The van der Waals surface area contributed by atoms with E-state index >= 15 is 0 Å². The number of Topliss-reactive ketones (excluding diaryl/α,β-unsaturated/α-hetero) is 1. The van der Waals surface area contributed by atoms with Crippen molar-refractivity contribution in [3.63, 3.8) is 0 Å². The Morgan fingerprint density at radius 2 is 2.15 bits per heavy atom. The molecular weight excluding hydrogens is 283 g/mol. The van der Waals surface area contributed by atoms with E-state index in [0.717, 1.165) is 0 Å². The Labute approximate surface area is 123 Å². The molecule has 0 aromatic heterocycles. The second-order valence-corrected chi connectivity index (χ2v) is 5.31. The summed E-state index contributed by atoms with van der Waals surface area (Å²) in [6.45, 7) is 3.28. The molecule has 2 rings (SSSR count). The highest BCUT2D eigenvalue weighted by Crippen LogP contribution is 2.28. The quantitative estimate of drug-likeness (QED) is 0.838. The number of rotatable bonds is 5. The van der Waals surface area contributed by atoms with Gasteiger partial charge in [0.1, 0.15) is 11.4 Å². The molecule has 5 heteroatoms. The molecule has 20 heavy (non-hydrogen) atoms. The normalized spacial score (nSPS) is 17.9. The lowest BCUT2D eigenvalue weighted by Crippen LogP contribution is -2.47. The van der Waals surface area contributed by atoms with Crippen molar-refractivity contribution in [3.05, 3.63) is 34.6 Å². The fourth-order valence-electron chi connectivity index (χ4n) is 2.49. The van der Waals surface area contributed by atoms with Gasteiger partial charge >= 0.3 is 0 Å². The second kappa shape index (κ2) is 6.66. The van der Waals surface area contributed by atoms with Crippen LogP contribution in [0.15, 0.2) is 18.2 Å². The highest BCUT2D eigenvalue weighted by molar-refractivity contribution is 6.30. The van der Waals surface area contributed by atoms with Gasteiger partial charge in [0.15, 0.2) is 5.78 Å². The van der Waals surface area contributed by atoms with Gasteiger partial charge in [-0.3, -0.25) is 4.79 Å². The summed E-state index contributed by atoms with van der Waals surface area (Å²) in [5.41, 5.74) is -0.532.